The molecule has 0 bridgehead atoms. The molecule has 1 amide bonds. The SMILES string of the molecule is CC(C)C1(O)CN(C(=O)CCC(C)(C)N)C1. The van der Waals surface area contributed by atoms with Gasteiger partial charge in [0.25, 0.3) is 0 Å². The smallest absolute Gasteiger partial charge is 0.222 e. The largest absolute Gasteiger partial charge is 0.386 e. The maximum atomic E-state index is 11.7. The molecule has 0 aromatic carbocycles. The number of β-amino-alcohol motifs (C(OH)–C–C–N with tert-alkyl or cyclic N) is 1. The molecule has 0 radical (unpaired) electrons. The van der Waals surface area contributed by atoms with Gasteiger partial charge in [0.15, 0.2) is 0 Å². The lowest BCUT2D eigenvalue weighted by Gasteiger charge is -2.49. The zero-order valence-corrected chi connectivity index (χ0v) is 10.8. The van der Waals surface area contributed by atoms with E-state index < -0.39 is 5.60 Å². The lowest BCUT2D eigenvalue weighted by atomic mass is 9.82. The highest BCUT2D eigenvalue weighted by molar-refractivity contribution is 5.77. The third-order valence-electron chi connectivity index (χ3n) is 3.34. The molecule has 4 nitrogen and oxygen atoms in total. The molecule has 0 atom stereocenters. The van der Waals surface area contributed by atoms with Gasteiger partial charge < -0.3 is 15.7 Å². The second-order valence-corrected chi connectivity index (χ2v) is 6.00. The third-order valence-corrected chi connectivity index (χ3v) is 3.34. The van der Waals surface area contributed by atoms with Crippen molar-refractivity contribution in [3.8, 4) is 0 Å². The molecular formula is C12H24N2O2. The summed E-state index contributed by atoms with van der Waals surface area (Å²) in [6, 6.07) is 0. The van der Waals surface area contributed by atoms with Crippen molar-refractivity contribution in [3.63, 3.8) is 0 Å². The van der Waals surface area contributed by atoms with Crippen LogP contribution in [0.5, 0.6) is 0 Å². The van der Waals surface area contributed by atoms with Gasteiger partial charge in [0.2, 0.25) is 5.91 Å². The van der Waals surface area contributed by atoms with E-state index >= 15 is 0 Å². The van der Waals surface area contributed by atoms with Crippen LogP contribution in [0.2, 0.25) is 0 Å². The first-order chi connectivity index (χ1) is 7.14. The van der Waals surface area contributed by atoms with E-state index in [9.17, 15) is 9.90 Å². The van der Waals surface area contributed by atoms with E-state index in [2.05, 4.69) is 0 Å². The second kappa shape index (κ2) is 4.34. The first kappa shape index (κ1) is 13.5. The number of hydrogen-bond acceptors (Lipinski definition) is 3. The van der Waals surface area contributed by atoms with Crippen LogP contribution in [0.4, 0.5) is 0 Å². The first-order valence-corrected chi connectivity index (χ1v) is 5.93. The molecule has 0 unspecified atom stereocenters. The van der Waals surface area contributed by atoms with Crippen LogP contribution in [0, 0.1) is 5.92 Å². The Hall–Kier alpha value is -0.610. The molecule has 0 aromatic heterocycles. The number of carbonyl (C=O) groups excluding carboxylic acids is 1. The van der Waals surface area contributed by atoms with Crippen molar-refractivity contribution in [2.24, 2.45) is 11.7 Å². The van der Waals surface area contributed by atoms with Gasteiger partial charge in [0.05, 0.1) is 13.1 Å². The summed E-state index contributed by atoms with van der Waals surface area (Å²) in [5.41, 5.74) is 4.86. The van der Waals surface area contributed by atoms with Crippen molar-refractivity contribution in [2.45, 2.75) is 51.7 Å². The summed E-state index contributed by atoms with van der Waals surface area (Å²) >= 11 is 0. The van der Waals surface area contributed by atoms with Crippen molar-refractivity contribution in [1.82, 2.24) is 4.90 Å². The van der Waals surface area contributed by atoms with Crippen LogP contribution in [-0.4, -0.2) is 40.1 Å². The number of carbonyl (C=O) groups is 1. The Bertz CT molecular complexity index is 263. The van der Waals surface area contributed by atoms with E-state index in [1.165, 1.54) is 0 Å². The summed E-state index contributed by atoms with van der Waals surface area (Å²) in [5, 5.41) is 10.0. The summed E-state index contributed by atoms with van der Waals surface area (Å²) < 4.78 is 0. The van der Waals surface area contributed by atoms with E-state index in [4.69, 9.17) is 5.73 Å². The second-order valence-electron chi connectivity index (χ2n) is 6.00. The van der Waals surface area contributed by atoms with Gasteiger partial charge in [0, 0.05) is 12.0 Å². The Labute approximate surface area is 97.8 Å². The Morgan fingerprint density at radius 1 is 1.50 bits per heavy atom. The van der Waals surface area contributed by atoms with Gasteiger partial charge in [-0.1, -0.05) is 13.8 Å². The molecule has 94 valence electrons. The van der Waals surface area contributed by atoms with Crippen molar-refractivity contribution in [2.75, 3.05) is 13.1 Å². The molecule has 3 N–H and O–H groups in total. The average molecular weight is 228 g/mol. The fourth-order valence-electron chi connectivity index (χ4n) is 1.74. The molecule has 0 aliphatic carbocycles. The molecule has 1 fully saturated rings. The lowest BCUT2D eigenvalue weighted by molar-refractivity contribution is -0.164. The molecule has 4 heteroatoms. The molecule has 0 aromatic rings. The van der Waals surface area contributed by atoms with Gasteiger partial charge in [-0.05, 0) is 26.2 Å². The number of rotatable bonds is 4. The molecule has 1 aliphatic rings. The number of hydrogen-bond donors (Lipinski definition) is 2. The van der Waals surface area contributed by atoms with E-state index in [1.54, 1.807) is 4.90 Å². The van der Waals surface area contributed by atoms with E-state index in [-0.39, 0.29) is 17.4 Å². The number of likely N-dealkylation sites (tertiary alicyclic amines) is 1. The monoisotopic (exact) mass is 228 g/mol. The van der Waals surface area contributed by atoms with Gasteiger partial charge in [-0.25, -0.2) is 0 Å². The Morgan fingerprint density at radius 3 is 2.38 bits per heavy atom. The molecular weight excluding hydrogens is 204 g/mol. The van der Waals surface area contributed by atoms with Crippen molar-refractivity contribution < 1.29 is 9.90 Å². The van der Waals surface area contributed by atoms with Crippen LogP contribution in [-0.2, 0) is 4.79 Å². The molecule has 16 heavy (non-hydrogen) atoms. The highest BCUT2D eigenvalue weighted by Crippen LogP contribution is 2.29. The summed E-state index contributed by atoms with van der Waals surface area (Å²) in [7, 11) is 0. The van der Waals surface area contributed by atoms with E-state index in [0.29, 0.717) is 25.9 Å². The summed E-state index contributed by atoms with van der Waals surface area (Å²) in [5.74, 6) is 0.298. The molecule has 1 heterocycles. The topological polar surface area (TPSA) is 66.6 Å². The normalized spacial score (nSPS) is 19.8. The molecule has 1 saturated heterocycles. The number of amides is 1. The predicted molar refractivity (Wildman–Crippen MR) is 63.9 cm³/mol. The van der Waals surface area contributed by atoms with E-state index in [1.807, 2.05) is 27.7 Å². The fraction of sp³-hybridized carbons (Fsp3) is 0.917. The van der Waals surface area contributed by atoms with Crippen LogP contribution in [0.15, 0.2) is 0 Å². The Morgan fingerprint density at radius 2 is 2.00 bits per heavy atom. The molecule has 0 saturated carbocycles. The summed E-state index contributed by atoms with van der Waals surface area (Å²) in [4.78, 5) is 13.5. The number of nitrogens with two attached hydrogens (primary N) is 1. The van der Waals surface area contributed by atoms with Crippen molar-refractivity contribution >= 4 is 5.91 Å². The fourth-order valence-corrected chi connectivity index (χ4v) is 1.74. The van der Waals surface area contributed by atoms with Crippen molar-refractivity contribution in [1.29, 1.82) is 0 Å². The van der Waals surface area contributed by atoms with Gasteiger partial charge in [-0.15, -0.1) is 0 Å². The summed E-state index contributed by atoms with van der Waals surface area (Å²) in [6.07, 6.45) is 1.15. The van der Waals surface area contributed by atoms with Crippen LogP contribution >= 0.6 is 0 Å². The minimum atomic E-state index is -0.673. The van der Waals surface area contributed by atoms with Crippen LogP contribution in [0.3, 0.4) is 0 Å². The first-order valence-electron chi connectivity index (χ1n) is 5.93. The van der Waals surface area contributed by atoms with Gasteiger partial charge in [-0.3, -0.25) is 4.79 Å². The Kier molecular flexibility index (Phi) is 3.65. The van der Waals surface area contributed by atoms with Crippen molar-refractivity contribution in [3.05, 3.63) is 0 Å². The predicted octanol–water partition coefficient (Wildman–Crippen LogP) is 0.733. The zero-order valence-electron chi connectivity index (χ0n) is 10.8. The maximum absolute atomic E-state index is 11.7. The minimum Gasteiger partial charge on any atom is -0.386 e. The van der Waals surface area contributed by atoms with Gasteiger partial charge in [0.1, 0.15) is 5.60 Å². The zero-order chi connectivity index (χ0) is 12.6. The van der Waals surface area contributed by atoms with Gasteiger partial charge >= 0.3 is 0 Å². The standard InChI is InChI=1S/C12H24N2O2/c1-9(2)12(16)7-14(8-12)10(15)5-6-11(3,4)13/h9,16H,5-8,13H2,1-4H3. The summed E-state index contributed by atoms with van der Waals surface area (Å²) in [6.45, 7) is 8.72. The highest BCUT2D eigenvalue weighted by atomic mass is 16.3. The Balaban J connectivity index is 2.33. The number of aliphatic hydroxyl groups is 1. The van der Waals surface area contributed by atoms with Crippen LogP contribution in [0.1, 0.15) is 40.5 Å². The molecule has 0 spiro atoms. The minimum absolute atomic E-state index is 0.101. The molecule has 1 aliphatic heterocycles. The molecule has 1 rings (SSSR count). The maximum Gasteiger partial charge on any atom is 0.222 e. The van der Waals surface area contributed by atoms with E-state index in [0.717, 1.165) is 0 Å². The third kappa shape index (κ3) is 3.19. The highest BCUT2D eigenvalue weighted by Gasteiger charge is 2.45. The lowest BCUT2D eigenvalue weighted by Crippen LogP contribution is -2.66. The quantitative estimate of drug-likeness (QED) is 0.745. The van der Waals surface area contributed by atoms with Crippen LogP contribution in [0.25, 0.3) is 0 Å². The van der Waals surface area contributed by atoms with Gasteiger partial charge in [-0.2, -0.15) is 0 Å². The van der Waals surface area contributed by atoms with Crippen LogP contribution < -0.4 is 5.73 Å². The number of nitrogens with zero attached hydrogens (tertiary/aromatic N) is 1. The average Bonchev–Trinajstić information content (AvgIpc) is 2.07.